The van der Waals surface area contributed by atoms with E-state index in [-0.39, 0.29) is 11.4 Å². The van der Waals surface area contributed by atoms with Crippen molar-refractivity contribution < 1.29 is 13.9 Å². The third-order valence-electron chi connectivity index (χ3n) is 5.37. The Hall–Kier alpha value is -3.79. The van der Waals surface area contributed by atoms with E-state index in [9.17, 15) is 0 Å². The van der Waals surface area contributed by atoms with Crippen molar-refractivity contribution in [2.45, 2.75) is 19.9 Å². The van der Waals surface area contributed by atoms with Crippen molar-refractivity contribution in [2.24, 2.45) is 4.99 Å². The Morgan fingerprint density at radius 2 is 2.00 bits per heavy atom. The number of fused-ring (bicyclic) bond motifs is 1. The Morgan fingerprint density at radius 1 is 1.18 bits per heavy atom. The van der Waals surface area contributed by atoms with Gasteiger partial charge in [-0.2, -0.15) is 5.10 Å². The molecule has 0 saturated heterocycles. The standard InChI is InChI=1S/C23H26FN7O2/c1-5-15-18(32-3)10-19(33-4)21(24)22(15)30-20-7-6-16-23(31(20)9-8-25-2)29-17(13-26-16)14-11-27-28-12-14/h6-7,10-13,25H,5,8-9H2,1-4H3,(H,27,28). The van der Waals surface area contributed by atoms with Crippen molar-refractivity contribution in [1.82, 2.24) is 30.0 Å². The first-order valence-corrected chi connectivity index (χ1v) is 10.6. The second kappa shape index (κ2) is 9.78. The van der Waals surface area contributed by atoms with E-state index in [1.54, 1.807) is 31.8 Å². The van der Waals surface area contributed by atoms with Crippen LogP contribution in [0.2, 0.25) is 0 Å². The fourth-order valence-electron chi connectivity index (χ4n) is 3.67. The number of H-pyrrole nitrogens is 1. The fraction of sp³-hybridized carbons (Fsp3) is 0.304. The zero-order valence-electron chi connectivity index (χ0n) is 19.0. The van der Waals surface area contributed by atoms with Gasteiger partial charge in [0.25, 0.3) is 0 Å². The van der Waals surface area contributed by atoms with Gasteiger partial charge in [-0.1, -0.05) is 6.92 Å². The molecular formula is C23H26FN7O2. The molecule has 0 radical (unpaired) electrons. The lowest BCUT2D eigenvalue weighted by Gasteiger charge is -2.15. The molecule has 33 heavy (non-hydrogen) atoms. The Balaban J connectivity index is 2.01. The van der Waals surface area contributed by atoms with Crippen molar-refractivity contribution in [2.75, 3.05) is 27.8 Å². The molecule has 0 aliphatic heterocycles. The molecule has 0 aliphatic carbocycles. The summed E-state index contributed by atoms with van der Waals surface area (Å²) in [6.07, 6.45) is 5.69. The summed E-state index contributed by atoms with van der Waals surface area (Å²) in [5.41, 5.74) is 4.23. The number of ether oxygens (including phenoxy) is 2. The molecule has 0 atom stereocenters. The second-order valence-corrected chi connectivity index (χ2v) is 7.29. The second-order valence-electron chi connectivity index (χ2n) is 7.29. The summed E-state index contributed by atoms with van der Waals surface area (Å²) in [5, 5.41) is 9.93. The summed E-state index contributed by atoms with van der Waals surface area (Å²) in [7, 11) is 4.84. The highest BCUT2D eigenvalue weighted by atomic mass is 19.1. The van der Waals surface area contributed by atoms with Gasteiger partial charge < -0.3 is 19.4 Å². The molecule has 0 fully saturated rings. The average Bonchev–Trinajstić information content (AvgIpc) is 3.39. The lowest BCUT2D eigenvalue weighted by molar-refractivity contribution is 0.372. The van der Waals surface area contributed by atoms with Crippen molar-refractivity contribution in [1.29, 1.82) is 0 Å². The molecule has 0 saturated carbocycles. The first kappa shape index (κ1) is 22.4. The molecular weight excluding hydrogens is 425 g/mol. The molecule has 1 aromatic carbocycles. The zero-order valence-corrected chi connectivity index (χ0v) is 19.0. The van der Waals surface area contributed by atoms with E-state index in [1.807, 2.05) is 30.7 Å². The van der Waals surface area contributed by atoms with Crippen LogP contribution in [0, 0.1) is 5.82 Å². The molecule has 172 valence electrons. The molecule has 0 spiro atoms. The van der Waals surface area contributed by atoms with E-state index in [4.69, 9.17) is 19.5 Å². The monoisotopic (exact) mass is 451 g/mol. The van der Waals surface area contributed by atoms with Gasteiger partial charge in [-0.25, -0.2) is 14.4 Å². The van der Waals surface area contributed by atoms with E-state index < -0.39 is 5.82 Å². The predicted molar refractivity (Wildman–Crippen MR) is 123 cm³/mol. The number of methoxy groups -OCH3 is 2. The molecule has 4 aromatic rings. The third-order valence-corrected chi connectivity index (χ3v) is 5.37. The van der Waals surface area contributed by atoms with E-state index >= 15 is 4.39 Å². The van der Waals surface area contributed by atoms with Crippen LogP contribution in [0.15, 0.2) is 41.8 Å². The first-order chi connectivity index (χ1) is 16.1. The van der Waals surface area contributed by atoms with Gasteiger partial charge >= 0.3 is 0 Å². The van der Waals surface area contributed by atoms with Crippen LogP contribution in [0.25, 0.3) is 22.4 Å². The number of aromatic nitrogens is 5. The molecule has 3 heterocycles. The average molecular weight is 452 g/mol. The maximum absolute atomic E-state index is 15.3. The Kier molecular flexibility index (Phi) is 6.64. The maximum Gasteiger partial charge on any atom is 0.191 e. The van der Waals surface area contributed by atoms with Crippen LogP contribution in [-0.4, -0.2) is 52.5 Å². The van der Waals surface area contributed by atoms with Crippen LogP contribution in [0.5, 0.6) is 11.5 Å². The minimum atomic E-state index is -0.534. The van der Waals surface area contributed by atoms with E-state index in [0.717, 1.165) is 5.56 Å². The number of nitrogens with zero attached hydrogens (tertiary/aromatic N) is 5. The molecule has 3 aromatic heterocycles. The van der Waals surface area contributed by atoms with E-state index in [1.165, 1.54) is 7.11 Å². The summed E-state index contributed by atoms with van der Waals surface area (Å²) in [6, 6.07) is 5.19. The number of halogens is 1. The molecule has 2 N–H and O–H groups in total. The van der Waals surface area contributed by atoms with E-state index in [0.29, 0.717) is 53.2 Å². The SMILES string of the molecule is CCc1c(OC)cc(OC)c(F)c1N=c1ccc2ncc(-c3cn[nH]c3)nc2n1CCNC. The first-order valence-electron chi connectivity index (χ1n) is 10.6. The molecule has 0 bridgehead atoms. The minimum absolute atomic E-state index is 0.0763. The highest BCUT2D eigenvalue weighted by Gasteiger charge is 2.19. The van der Waals surface area contributed by atoms with Gasteiger partial charge in [0.2, 0.25) is 0 Å². The summed E-state index contributed by atoms with van der Waals surface area (Å²) in [6.45, 7) is 3.15. The minimum Gasteiger partial charge on any atom is -0.496 e. The highest BCUT2D eigenvalue weighted by Crippen LogP contribution is 2.38. The summed E-state index contributed by atoms with van der Waals surface area (Å²) < 4.78 is 28.0. The number of likely N-dealkylation sites (N-methyl/N-ethyl adjacent to an activating group) is 1. The zero-order chi connectivity index (χ0) is 23.4. The topological polar surface area (TPSA) is 102 Å². The van der Waals surface area contributed by atoms with Crippen LogP contribution in [-0.2, 0) is 13.0 Å². The van der Waals surface area contributed by atoms with Gasteiger partial charge in [0.05, 0.1) is 32.3 Å². The van der Waals surface area contributed by atoms with Crippen LogP contribution in [0.3, 0.4) is 0 Å². The molecule has 0 amide bonds. The molecule has 10 heteroatoms. The van der Waals surface area contributed by atoms with Crippen LogP contribution in [0.1, 0.15) is 12.5 Å². The van der Waals surface area contributed by atoms with Crippen molar-refractivity contribution in [3.8, 4) is 22.8 Å². The lowest BCUT2D eigenvalue weighted by Crippen LogP contribution is -2.27. The number of pyridine rings is 1. The molecule has 0 unspecified atom stereocenters. The van der Waals surface area contributed by atoms with Crippen molar-refractivity contribution >= 4 is 16.9 Å². The number of hydrogen-bond donors (Lipinski definition) is 2. The number of nitrogens with one attached hydrogen (secondary N) is 2. The quantitative estimate of drug-likeness (QED) is 0.427. The largest absolute Gasteiger partial charge is 0.496 e. The number of aromatic amines is 1. The van der Waals surface area contributed by atoms with Gasteiger partial charge in [0, 0.05) is 36.5 Å². The predicted octanol–water partition coefficient (Wildman–Crippen LogP) is 2.99. The summed E-state index contributed by atoms with van der Waals surface area (Å²) in [5.74, 6) is 0.0696. The van der Waals surface area contributed by atoms with Crippen molar-refractivity contribution in [3.63, 3.8) is 0 Å². The maximum atomic E-state index is 15.3. The highest BCUT2D eigenvalue weighted by molar-refractivity contribution is 5.73. The van der Waals surface area contributed by atoms with Crippen LogP contribution < -0.4 is 20.3 Å². The lowest BCUT2D eigenvalue weighted by atomic mass is 10.1. The Labute approximate surface area is 190 Å². The van der Waals surface area contributed by atoms with Gasteiger partial charge in [0.15, 0.2) is 17.2 Å². The Bertz CT molecular complexity index is 1330. The van der Waals surface area contributed by atoms with Crippen LogP contribution >= 0.6 is 0 Å². The number of rotatable bonds is 8. The number of hydrogen-bond acceptors (Lipinski definition) is 7. The third kappa shape index (κ3) is 4.29. The van der Waals surface area contributed by atoms with Crippen molar-refractivity contribution in [3.05, 3.63) is 53.7 Å². The Morgan fingerprint density at radius 3 is 2.67 bits per heavy atom. The van der Waals surface area contributed by atoms with Crippen LogP contribution in [0.4, 0.5) is 10.1 Å². The van der Waals surface area contributed by atoms with E-state index in [2.05, 4.69) is 20.5 Å². The van der Waals surface area contributed by atoms with Gasteiger partial charge in [-0.3, -0.25) is 10.1 Å². The molecule has 9 nitrogen and oxygen atoms in total. The fourth-order valence-corrected chi connectivity index (χ4v) is 3.67. The molecule has 0 aliphatic rings. The van der Waals surface area contributed by atoms with Gasteiger partial charge in [-0.15, -0.1) is 0 Å². The van der Waals surface area contributed by atoms with Gasteiger partial charge in [-0.05, 0) is 25.6 Å². The summed E-state index contributed by atoms with van der Waals surface area (Å²) in [4.78, 5) is 14.1. The van der Waals surface area contributed by atoms with Gasteiger partial charge in [0.1, 0.15) is 22.4 Å². The number of benzene rings is 1. The summed E-state index contributed by atoms with van der Waals surface area (Å²) >= 11 is 0. The molecule has 4 rings (SSSR count). The smallest absolute Gasteiger partial charge is 0.191 e. The normalized spacial score (nSPS) is 11.8.